The summed E-state index contributed by atoms with van der Waals surface area (Å²) >= 11 is 1.61. The molecule has 0 saturated heterocycles. The van der Waals surface area contributed by atoms with Crippen molar-refractivity contribution >= 4 is 34.2 Å². The standard InChI is InChI=1S/C24H21N3O2S/c25-12-20-7-8-23(22-6-2-1-5-21(20)22)29-16-24(28)27(15-19-9-11-30-17-19)14-18-4-3-10-26-13-18/h1-13,17,25H,14-16H2. The molecule has 2 aromatic heterocycles. The largest absolute Gasteiger partial charge is 0.483 e. The van der Waals surface area contributed by atoms with Gasteiger partial charge in [0.05, 0.1) is 0 Å². The van der Waals surface area contributed by atoms with Crippen molar-refractivity contribution in [3.63, 3.8) is 0 Å². The van der Waals surface area contributed by atoms with E-state index < -0.39 is 0 Å². The van der Waals surface area contributed by atoms with Gasteiger partial charge in [0.25, 0.3) is 5.91 Å². The van der Waals surface area contributed by atoms with Crippen LogP contribution in [0.4, 0.5) is 0 Å². The average molecular weight is 416 g/mol. The molecule has 0 unspecified atom stereocenters. The van der Waals surface area contributed by atoms with E-state index in [1.807, 2.05) is 65.4 Å². The van der Waals surface area contributed by atoms with Gasteiger partial charge in [0.1, 0.15) is 5.75 Å². The molecule has 150 valence electrons. The number of rotatable bonds is 8. The highest BCUT2D eigenvalue weighted by molar-refractivity contribution is 7.07. The van der Waals surface area contributed by atoms with Gasteiger partial charge in [-0.15, -0.1) is 0 Å². The first kappa shape index (κ1) is 19.8. The number of benzene rings is 2. The molecule has 0 fully saturated rings. The Morgan fingerprint density at radius 2 is 1.87 bits per heavy atom. The molecule has 1 N–H and O–H groups in total. The summed E-state index contributed by atoms with van der Waals surface area (Å²) in [6.45, 7) is 0.936. The van der Waals surface area contributed by atoms with Crippen LogP contribution in [0.15, 0.2) is 77.8 Å². The van der Waals surface area contributed by atoms with Crippen LogP contribution in [-0.2, 0) is 17.9 Å². The maximum absolute atomic E-state index is 13.1. The lowest BCUT2D eigenvalue weighted by Crippen LogP contribution is -2.34. The van der Waals surface area contributed by atoms with Gasteiger partial charge in [0.2, 0.25) is 0 Å². The quantitative estimate of drug-likeness (QED) is 0.416. The average Bonchev–Trinajstić information content (AvgIpc) is 3.30. The van der Waals surface area contributed by atoms with E-state index in [1.54, 1.807) is 28.6 Å². The third kappa shape index (κ3) is 4.55. The molecule has 4 rings (SSSR count). The summed E-state index contributed by atoms with van der Waals surface area (Å²) in [5.74, 6) is 0.548. The zero-order chi connectivity index (χ0) is 20.8. The molecule has 0 saturated carbocycles. The van der Waals surface area contributed by atoms with Crippen LogP contribution in [0, 0.1) is 5.41 Å². The lowest BCUT2D eigenvalue weighted by Gasteiger charge is -2.23. The topological polar surface area (TPSA) is 66.3 Å². The Balaban J connectivity index is 1.52. The number of carbonyl (C=O) groups excluding carboxylic acids is 1. The monoisotopic (exact) mass is 415 g/mol. The molecule has 2 heterocycles. The number of thiophene rings is 1. The Bertz CT molecular complexity index is 1140. The summed E-state index contributed by atoms with van der Waals surface area (Å²) in [4.78, 5) is 19.0. The molecule has 1 amide bonds. The number of amides is 1. The minimum atomic E-state index is -0.0923. The smallest absolute Gasteiger partial charge is 0.261 e. The van der Waals surface area contributed by atoms with Gasteiger partial charge in [-0.2, -0.15) is 11.3 Å². The molecule has 0 spiro atoms. The van der Waals surface area contributed by atoms with Crippen molar-refractivity contribution in [1.29, 1.82) is 5.41 Å². The lowest BCUT2D eigenvalue weighted by molar-refractivity contribution is -0.134. The summed E-state index contributed by atoms with van der Waals surface area (Å²) in [7, 11) is 0. The van der Waals surface area contributed by atoms with Crippen LogP contribution in [-0.4, -0.2) is 28.6 Å². The molecule has 0 radical (unpaired) electrons. The van der Waals surface area contributed by atoms with E-state index in [0.29, 0.717) is 18.8 Å². The van der Waals surface area contributed by atoms with Gasteiger partial charge < -0.3 is 15.0 Å². The van der Waals surface area contributed by atoms with Crippen molar-refractivity contribution in [3.05, 3.63) is 94.4 Å². The second-order valence-electron chi connectivity index (χ2n) is 6.87. The number of hydrogen-bond donors (Lipinski definition) is 1. The number of pyridine rings is 1. The molecular weight excluding hydrogens is 394 g/mol. The van der Waals surface area contributed by atoms with Crippen molar-refractivity contribution in [3.8, 4) is 5.75 Å². The van der Waals surface area contributed by atoms with Gasteiger partial charge in [-0.3, -0.25) is 9.78 Å². The van der Waals surface area contributed by atoms with Crippen molar-refractivity contribution in [2.45, 2.75) is 13.1 Å². The van der Waals surface area contributed by atoms with Gasteiger partial charge in [-0.05, 0) is 51.5 Å². The number of carbonyl (C=O) groups is 1. The van der Waals surface area contributed by atoms with E-state index in [0.717, 1.165) is 27.5 Å². The van der Waals surface area contributed by atoms with Gasteiger partial charge in [0.15, 0.2) is 6.61 Å². The third-order valence-corrected chi connectivity index (χ3v) is 5.56. The van der Waals surface area contributed by atoms with E-state index in [-0.39, 0.29) is 12.5 Å². The Kier molecular flexibility index (Phi) is 6.15. The third-order valence-electron chi connectivity index (χ3n) is 4.83. The first-order chi connectivity index (χ1) is 14.7. The van der Waals surface area contributed by atoms with Gasteiger partial charge in [-0.25, -0.2) is 0 Å². The molecular formula is C24H21N3O2S. The van der Waals surface area contributed by atoms with E-state index in [9.17, 15) is 4.79 Å². The highest BCUT2D eigenvalue weighted by Gasteiger charge is 2.17. The Morgan fingerprint density at radius 3 is 2.60 bits per heavy atom. The van der Waals surface area contributed by atoms with Crippen LogP contribution < -0.4 is 4.74 Å². The summed E-state index contributed by atoms with van der Waals surface area (Å²) in [5.41, 5.74) is 2.89. The molecule has 0 aliphatic carbocycles. The van der Waals surface area contributed by atoms with Gasteiger partial charge in [0, 0.05) is 42.6 Å². The number of hydrogen-bond acceptors (Lipinski definition) is 5. The summed E-state index contributed by atoms with van der Waals surface area (Å²) in [6.07, 6.45) is 4.83. The predicted octanol–water partition coefficient (Wildman–Crippen LogP) is 4.90. The highest BCUT2D eigenvalue weighted by Crippen LogP contribution is 2.28. The summed E-state index contributed by atoms with van der Waals surface area (Å²) in [5, 5.41) is 13.5. The number of aromatic nitrogens is 1. The molecule has 0 bridgehead atoms. The second kappa shape index (κ2) is 9.33. The second-order valence-corrected chi connectivity index (χ2v) is 7.65. The lowest BCUT2D eigenvalue weighted by atomic mass is 10.0. The zero-order valence-electron chi connectivity index (χ0n) is 16.3. The van der Waals surface area contributed by atoms with Crippen molar-refractivity contribution in [2.24, 2.45) is 0 Å². The minimum Gasteiger partial charge on any atom is -0.483 e. The van der Waals surface area contributed by atoms with Crippen molar-refractivity contribution in [1.82, 2.24) is 9.88 Å². The Labute approximate surface area is 179 Å². The van der Waals surface area contributed by atoms with Crippen LogP contribution >= 0.6 is 11.3 Å². The first-order valence-electron chi connectivity index (χ1n) is 9.57. The van der Waals surface area contributed by atoms with Crippen LogP contribution in [0.25, 0.3) is 10.8 Å². The molecule has 6 heteroatoms. The van der Waals surface area contributed by atoms with Crippen molar-refractivity contribution < 1.29 is 9.53 Å². The van der Waals surface area contributed by atoms with E-state index >= 15 is 0 Å². The van der Waals surface area contributed by atoms with E-state index in [1.165, 1.54) is 6.21 Å². The molecule has 2 aromatic carbocycles. The van der Waals surface area contributed by atoms with Gasteiger partial charge in [-0.1, -0.05) is 30.3 Å². The van der Waals surface area contributed by atoms with E-state index in [4.69, 9.17) is 10.1 Å². The van der Waals surface area contributed by atoms with Gasteiger partial charge >= 0.3 is 0 Å². The van der Waals surface area contributed by atoms with Crippen LogP contribution in [0.1, 0.15) is 16.7 Å². The minimum absolute atomic E-state index is 0.0572. The fourth-order valence-corrected chi connectivity index (χ4v) is 3.98. The number of nitrogens with zero attached hydrogens (tertiary/aromatic N) is 2. The Morgan fingerprint density at radius 1 is 1.03 bits per heavy atom. The number of fused-ring (bicyclic) bond motifs is 1. The molecule has 0 aliphatic rings. The van der Waals surface area contributed by atoms with Crippen LogP contribution in [0.3, 0.4) is 0 Å². The first-order valence-corrected chi connectivity index (χ1v) is 10.5. The molecule has 0 aliphatic heterocycles. The summed E-state index contributed by atoms with van der Waals surface area (Å²) < 4.78 is 5.94. The number of nitrogens with one attached hydrogen (secondary N) is 1. The normalized spacial score (nSPS) is 10.7. The molecule has 0 atom stereocenters. The molecule has 5 nitrogen and oxygen atoms in total. The van der Waals surface area contributed by atoms with Crippen LogP contribution in [0.5, 0.6) is 5.75 Å². The molecule has 4 aromatic rings. The zero-order valence-corrected chi connectivity index (χ0v) is 17.1. The fraction of sp³-hybridized carbons (Fsp3) is 0.125. The Hall–Kier alpha value is -3.51. The predicted molar refractivity (Wildman–Crippen MR) is 120 cm³/mol. The van der Waals surface area contributed by atoms with E-state index in [2.05, 4.69) is 4.98 Å². The SMILES string of the molecule is N=Cc1ccc(OCC(=O)N(Cc2cccnc2)Cc2ccsc2)c2ccccc12. The maximum Gasteiger partial charge on any atom is 0.261 e. The molecule has 30 heavy (non-hydrogen) atoms. The highest BCUT2D eigenvalue weighted by atomic mass is 32.1. The summed E-state index contributed by atoms with van der Waals surface area (Å²) in [6, 6.07) is 17.3. The van der Waals surface area contributed by atoms with Crippen LogP contribution in [0.2, 0.25) is 0 Å². The fourth-order valence-electron chi connectivity index (χ4n) is 3.32. The maximum atomic E-state index is 13.1. The van der Waals surface area contributed by atoms with Crippen molar-refractivity contribution in [2.75, 3.05) is 6.61 Å². The number of ether oxygens (including phenoxy) is 1.